The molecule has 1 aromatic heterocycles. The Kier molecular flexibility index (Phi) is 3.28. The van der Waals surface area contributed by atoms with Gasteiger partial charge in [-0.1, -0.05) is 12.8 Å². The molecule has 0 aliphatic heterocycles. The largest absolute Gasteiger partial charge is 0.464 e. The van der Waals surface area contributed by atoms with Gasteiger partial charge in [-0.3, -0.25) is 4.79 Å². The summed E-state index contributed by atoms with van der Waals surface area (Å²) in [6.45, 7) is 1.85. The Bertz CT molecular complexity index is 537. The average molecular weight is 276 g/mol. The van der Waals surface area contributed by atoms with Gasteiger partial charge in [0.05, 0.1) is 12.8 Å². The highest BCUT2D eigenvalue weighted by Crippen LogP contribution is 2.55. The summed E-state index contributed by atoms with van der Waals surface area (Å²) in [5.41, 5.74) is 1.68. The van der Waals surface area contributed by atoms with Gasteiger partial charge in [0.2, 0.25) is 5.91 Å². The molecule has 5 heteroatoms. The number of H-pyrrole nitrogens is 1. The average Bonchev–Trinajstić information content (AvgIpc) is 3.07. The molecule has 0 spiro atoms. The zero-order chi connectivity index (χ0) is 14.3. The van der Waals surface area contributed by atoms with Crippen molar-refractivity contribution in [3.8, 4) is 0 Å². The highest BCUT2D eigenvalue weighted by molar-refractivity contribution is 6.02. The molecular formula is C15H20N2O3. The van der Waals surface area contributed by atoms with E-state index in [2.05, 4.69) is 10.3 Å². The first-order valence-corrected chi connectivity index (χ1v) is 7.20. The van der Waals surface area contributed by atoms with E-state index in [1.807, 2.05) is 6.92 Å². The van der Waals surface area contributed by atoms with Gasteiger partial charge >= 0.3 is 5.97 Å². The lowest BCUT2D eigenvalue weighted by Gasteiger charge is -2.05. The number of methoxy groups -OCH3 is 1. The van der Waals surface area contributed by atoms with Crippen molar-refractivity contribution in [2.45, 2.75) is 32.6 Å². The van der Waals surface area contributed by atoms with E-state index in [4.69, 9.17) is 4.74 Å². The van der Waals surface area contributed by atoms with Crippen LogP contribution in [0.15, 0.2) is 6.07 Å². The van der Waals surface area contributed by atoms with Crippen LogP contribution in [-0.2, 0) is 9.53 Å². The van der Waals surface area contributed by atoms with Crippen LogP contribution in [-0.4, -0.2) is 24.0 Å². The number of aromatic amines is 1. The number of aryl methyl sites for hydroxylation is 1. The topological polar surface area (TPSA) is 71.2 Å². The van der Waals surface area contributed by atoms with Crippen LogP contribution >= 0.6 is 0 Å². The van der Waals surface area contributed by atoms with Crippen molar-refractivity contribution in [2.75, 3.05) is 12.4 Å². The maximum atomic E-state index is 12.3. The minimum absolute atomic E-state index is 0.0473. The minimum atomic E-state index is -0.457. The number of hydrogen-bond donors (Lipinski definition) is 2. The fourth-order valence-electron chi connectivity index (χ4n) is 3.55. The van der Waals surface area contributed by atoms with Crippen molar-refractivity contribution < 1.29 is 14.3 Å². The van der Waals surface area contributed by atoms with Gasteiger partial charge in [0, 0.05) is 11.6 Å². The van der Waals surface area contributed by atoms with Gasteiger partial charge in [0.15, 0.2) is 0 Å². The normalized spacial score (nSPS) is 27.6. The van der Waals surface area contributed by atoms with E-state index in [9.17, 15) is 9.59 Å². The van der Waals surface area contributed by atoms with Crippen LogP contribution in [0, 0.1) is 24.7 Å². The summed E-state index contributed by atoms with van der Waals surface area (Å²) in [5.74, 6) is 0.849. The van der Waals surface area contributed by atoms with Crippen molar-refractivity contribution in [3.05, 3.63) is 17.5 Å². The van der Waals surface area contributed by atoms with Gasteiger partial charge in [0.25, 0.3) is 0 Å². The van der Waals surface area contributed by atoms with E-state index in [1.165, 1.54) is 32.8 Å². The Labute approximate surface area is 118 Å². The molecule has 0 bridgehead atoms. The lowest BCUT2D eigenvalue weighted by atomic mass is 10.0. The molecule has 2 atom stereocenters. The second-order valence-corrected chi connectivity index (χ2v) is 5.86. The molecule has 2 fully saturated rings. The summed E-state index contributed by atoms with van der Waals surface area (Å²) in [7, 11) is 1.33. The van der Waals surface area contributed by atoms with Gasteiger partial charge in [0.1, 0.15) is 5.69 Å². The third kappa shape index (κ3) is 2.21. The van der Waals surface area contributed by atoms with Crippen molar-refractivity contribution in [2.24, 2.45) is 17.8 Å². The summed E-state index contributed by atoms with van der Waals surface area (Å²) in [6.07, 6.45) is 4.81. The van der Waals surface area contributed by atoms with E-state index in [0.29, 0.717) is 23.2 Å². The number of carbonyl (C=O) groups is 2. The Balaban J connectivity index is 1.72. The summed E-state index contributed by atoms with van der Waals surface area (Å²) >= 11 is 0. The van der Waals surface area contributed by atoms with Crippen molar-refractivity contribution in [1.29, 1.82) is 0 Å². The van der Waals surface area contributed by atoms with Crippen molar-refractivity contribution in [1.82, 2.24) is 4.98 Å². The number of aromatic nitrogens is 1. The molecule has 1 amide bonds. The zero-order valence-electron chi connectivity index (χ0n) is 11.9. The molecule has 5 nitrogen and oxygen atoms in total. The third-order valence-corrected chi connectivity index (χ3v) is 4.56. The number of hydrogen-bond acceptors (Lipinski definition) is 3. The van der Waals surface area contributed by atoms with E-state index >= 15 is 0 Å². The third-order valence-electron chi connectivity index (χ3n) is 4.56. The number of nitrogens with one attached hydrogen (secondary N) is 2. The van der Waals surface area contributed by atoms with Gasteiger partial charge in [-0.15, -0.1) is 0 Å². The Morgan fingerprint density at radius 3 is 2.55 bits per heavy atom. The van der Waals surface area contributed by atoms with Gasteiger partial charge in [-0.25, -0.2) is 4.79 Å². The second-order valence-electron chi connectivity index (χ2n) is 5.86. The van der Waals surface area contributed by atoms with E-state index in [-0.39, 0.29) is 11.8 Å². The van der Waals surface area contributed by atoms with Crippen LogP contribution in [0.1, 0.15) is 41.9 Å². The number of ether oxygens (including phenoxy) is 1. The molecule has 1 heterocycles. The Morgan fingerprint density at radius 2 is 1.95 bits per heavy atom. The van der Waals surface area contributed by atoms with Crippen LogP contribution in [0.2, 0.25) is 0 Å². The Morgan fingerprint density at radius 1 is 1.30 bits per heavy atom. The van der Waals surface area contributed by atoms with Gasteiger partial charge in [-0.2, -0.15) is 0 Å². The van der Waals surface area contributed by atoms with Crippen LogP contribution in [0.5, 0.6) is 0 Å². The highest BCUT2D eigenvalue weighted by atomic mass is 16.5. The predicted octanol–water partition coefficient (Wildman–Crippen LogP) is 2.48. The molecule has 2 aliphatic carbocycles. The fourth-order valence-corrected chi connectivity index (χ4v) is 3.55. The SMILES string of the molecule is COC(=O)c1[nH]c(C)cc1NC(=O)C1C2CCCCC21. The summed E-state index contributed by atoms with van der Waals surface area (Å²) in [4.78, 5) is 26.9. The van der Waals surface area contributed by atoms with Gasteiger partial charge < -0.3 is 15.0 Å². The van der Waals surface area contributed by atoms with E-state index in [0.717, 1.165) is 5.69 Å². The minimum Gasteiger partial charge on any atom is -0.464 e. The first-order chi connectivity index (χ1) is 9.61. The molecule has 3 rings (SSSR count). The molecule has 0 saturated heterocycles. The lowest BCUT2D eigenvalue weighted by molar-refractivity contribution is -0.117. The zero-order valence-corrected chi connectivity index (χ0v) is 11.9. The number of amides is 1. The molecule has 20 heavy (non-hydrogen) atoms. The van der Waals surface area contributed by atoms with Crippen LogP contribution in [0.4, 0.5) is 5.69 Å². The second kappa shape index (κ2) is 4.96. The standard InChI is InChI=1S/C15H20N2O3/c1-8-7-11(13(16-8)15(19)20-2)17-14(18)12-9-5-3-4-6-10(9)12/h7,9-10,12,16H,3-6H2,1-2H3,(H,17,18). The molecule has 108 valence electrons. The fraction of sp³-hybridized carbons (Fsp3) is 0.600. The molecular weight excluding hydrogens is 256 g/mol. The number of carbonyl (C=O) groups excluding carboxylic acids is 2. The maximum Gasteiger partial charge on any atom is 0.356 e. The molecule has 0 radical (unpaired) electrons. The number of anilines is 1. The highest BCUT2D eigenvalue weighted by Gasteiger charge is 2.54. The van der Waals surface area contributed by atoms with Crippen molar-refractivity contribution >= 4 is 17.6 Å². The smallest absolute Gasteiger partial charge is 0.356 e. The van der Waals surface area contributed by atoms with E-state index < -0.39 is 5.97 Å². The predicted molar refractivity (Wildman–Crippen MR) is 74.4 cm³/mol. The molecule has 2 N–H and O–H groups in total. The lowest BCUT2D eigenvalue weighted by Crippen LogP contribution is -2.17. The summed E-state index contributed by atoms with van der Waals surface area (Å²) in [5, 5.41) is 2.89. The van der Waals surface area contributed by atoms with Crippen molar-refractivity contribution in [3.63, 3.8) is 0 Å². The number of fused-ring (bicyclic) bond motifs is 1. The molecule has 0 aromatic carbocycles. The van der Waals surface area contributed by atoms with Crippen LogP contribution < -0.4 is 5.32 Å². The number of rotatable bonds is 3. The first-order valence-electron chi connectivity index (χ1n) is 7.20. The van der Waals surface area contributed by atoms with Crippen LogP contribution in [0.25, 0.3) is 0 Å². The Hall–Kier alpha value is -1.78. The summed E-state index contributed by atoms with van der Waals surface area (Å²) < 4.78 is 4.72. The quantitative estimate of drug-likeness (QED) is 0.833. The molecule has 2 aliphatic rings. The van der Waals surface area contributed by atoms with Gasteiger partial charge in [-0.05, 0) is 37.7 Å². The molecule has 2 saturated carbocycles. The molecule has 2 unspecified atom stereocenters. The maximum absolute atomic E-state index is 12.3. The number of esters is 1. The monoisotopic (exact) mass is 276 g/mol. The van der Waals surface area contributed by atoms with E-state index in [1.54, 1.807) is 6.07 Å². The van der Waals surface area contributed by atoms with Crippen LogP contribution in [0.3, 0.4) is 0 Å². The first kappa shape index (κ1) is 13.2. The molecule has 1 aromatic rings. The summed E-state index contributed by atoms with van der Waals surface area (Å²) in [6, 6.07) is 1.77.